The van der Waals surface area contributed by atoms with Gasteiger partial charge in [-0.25, -0.2) is 4.79 Å². The Balaban J connectivity index is 2.01. The van der Waals surface area contributed by atoms with E-state index in [1.807, 2.05) is 28.8 Å². The quantitative estimate of drug-likeness (QED) is 0.767. The number of hydrogen-bond acceptors (Lipinski definition) is 3. The van der Waals surface area contributed by atoms with Crippen LogP contribution in [-0.2, 0) is 0 Å². The molecule has 0 radical (unpaired) electrons. The van der Waals surface area contributed by atoms with Crippen LogP contribution in [-0.4, -0.2) is 34.5 Å². The first-order chi connectivity index (χ1) is 8.58. The van der Waals surface area contributed by atoms with Crippen LogP contribution >= 0.6 is 11.8 Å². The van der Waals surface area contributed by atoms with E-state index in [-0.39, 0.29) is 12.1 Å². The van der Waals surface area contributed by atoms with Crippen molar-refractivity contribution in [3.05, 3.63) is 24.3 Å². The van der Waals surface area contributed by atoms with Crippen LogP contribution in [0.5, 0.6) is 0 Å². The Kier molecular flexibility index (Phi) is 4.01. The highest BCUT2D eigenvalue weighted by Crippen LogP contribution is 2.24. The van der Waals surface area contributed by atoms with Crippen molar-refractivity contribution in [1.29, 1.82) is 0 Å². The SMILES string of the molecule is CC1SCCN(C(=O)Nc2ccc(N)cc2)C1C. The normalized spacial score (nSPS) is 23.8. The maximum atomic E-state index is 12.2. The first-order valence-electron chi connectivity index (χ1n) is 6.12. The van der Waals surface area contributed by atoms with E-state index in [2.05, 4.69) is 19.2 Å². The molecule has 1 aromatic rings. The Labute approximate surface area is 112 Å². The lowest BCUT2D eigenvalue weighted by Gasteiger charge is -2.37. The topological polar surface area (TPSA) is 58.4 Å². The van der Waals surface area contributed by atoms with Crippen LogP contribution in [0.3, 0.4) is 0 Å². The second-order valence-corrected chi connectivity index (χ2v) is 6.05. The van der Waals surface area contributed by atoms with Crippen molar-refractivity contribution >= 4 is 29.2 Å². The maximum Gasteiger partial charge on any atom is 0.322 e. The molecule has 98 valence electrons. The lowest BCUT2D eigenvalue weighted by molar-refractivity contribution is 0.194. The van der Waals surface area contributed by atoms with Crippen LogP contribution in [0.15, 0.2) is 24.3 Å². The number of rotatable bonds is 1. The smallest absolute Gasteiger partial charge is 0.322 e. The number of nitrogens with zero attached hydrogens (tertiary/aromatic N) is 1. The van der Waals surface area contributed by atoms with E-state index >= 15 is 0 Å². The molecule has 4 nitrogen and oxygen atoms in total. The van der Waals surface area contributed by atoms with Crippen LogP contribution in [0.4, 0.5) is 16.2 Å². The molecular formula is C13H19N3OS. The highest BCUT2D eigenvalue weighted by Gasteiger charge is 2.28. The second-order valence-electron chi connectivity index (χ2n) is 4.56. The summed E-state index contributed by atoms with van der Waals surface area (Å²) in [6, 6.07) is 7.44. The summed E-state index contributed by atoms with van der Waals surface area (Å²) in [5.74, 6) is 1.00. The molecule has 2 atom stereocenters. The van der Waals surface area contributed by atoms with E-state index in [0.717, 1.165) is 18.0 Å². The van der Waals surface area contributed by atoms with E-state index in [0.29, 0.717) is 10.9 Å². The van der Waals surface area contributed by atoms with Gasteiger partial charge in [-0.3, -0.25) is 0 Å². The maximum absolute atomic E-state index is 12.2. The lowest BCUT2D eigenvalue weighted by Crippen LogP contribution is -2.49. The summed E-state index contributed by atoms with van der Waals surface area (Å²) >= 11 is 1.92. The molecule has 0 saturated carbocycles. The molecule has 18 heavy (non-hydrogen) atoms. The van der Waals surface area contributed by atoms with Crippen LogP contribution in [0.1, 0.15) is 13.8 Å². The summed E-state index contributed by atoms with van der Waals surface area (Å²) in [7, 11) is 0. The summed E-state index contributed by atoms with van der Waals surface area (Å²) in [5, 5.41) is 3.39. The summed E-state index contributed by atoms with van der Waals surface area (Å²) in [4.78, 5) is 14.1. The highest BCUT2D eigenvalue weighted by atomic mass is 32.2. The van der Waals surface area contributed by atoms with Gasteiger partial charge in [-0.1, -0.05) is 6.92 Å². The number of nitrogen functional groups attached to an aromatic ring is 1. The predicted molar refractivity (Wildman–Crippen MR) is 78.0 cm³/mol. The van der Waals surface area contributed by atoms with E-state index < -0.39 is 0 Å². The van der Waals surface area contributed by atoms with Crippen molar-refractivity contribution in [3.63, 3.8) is 0 Å². The zero-order valence-electron chi connectivity index (χ0n) is 10.7. The first kappa shape index (κ1) is 13.1. The number of urea groups is 1. The van der Waals surface area contributed by atoms with E-state index in [1.54, 1.807) is 12.1 Å². The molecule has 1 aliphatic heterocycles. The molecular weight excluding hydrogens is 246 g/mol. The molecule has 1 aromatic carbocycles. The average molecular weight is 265 g/mol. The van der Waals surface area contributed by atoms with E-state index in [4.69, 9.17) is 5.73 Å². The number of anilines is 2. The largest absolute Gasteiger partial charge is 0.399 e. The van der Waals surface area contributed by atoms with Gasteiger partial charge in [0.05, 0.1) is 0 Å². The molecule has 0 spiro atoms. The van der Waals surface area contributed by atoms with Gasteiger partial charge in [0.25, 0.3) is 0 Å². The van der Waals surface area contributed by atoms with Crippen LogP contribution < -0.4 is 11.1 Å². The summed E-state index contributed by atoms with van der Waals surface area (Å²) in [5.41, 5.74) is 7.10. The summed E-state index contributed by atoms with van der Waals surface area (Å²) in [6.45, 7) is 5.06. The van der Waals surface area contributed by atoms with Crippen molar-refractivity contribution in [2.45, 2.75) is 25.1 Å². The zero-order valence-corrected chi connectivity index (χ0v) is 11.5. The Hall–Kier alpha value is -1.36. The number of benzene rings is 1. The molecule has 1 fully saturated rings. The molecule has 0 bridgehead atoms. The third-order valence-corrected chi connectivity index (χ3v) is 4.64. The number of hydrogen-bond donors (Lipinski definition) is 2. The Morgan fingerprint density at radius 2 is 2.06 bits per heavy atom. The van der Waals surface area contributed by atoms with Gasteiger partial charge in [-0.2, -0.15) is 11.8 Å². The minimum Gasteiger partial charge on any atom is -0.399 e. The van der Waals surface area contributed by atoms with Crippen molar-refractivity contribution in [3.8, 4) is 0 Å². The Morgan fingerprint density at radius 1 is 1.39 bits per heavy atom. The monoisotopic (exact) mass is 265 g/mol. The second kappa shape index (κ2) is 5.52. The van der Waals surface area contributed by atoms with Gasteiger partial charge in [0.1, 0.15) is 0 Å². The van der Waals surface area contributed by atoms with Crippen LogP contribution in [0.2, 0.25) is 0 Å². The Morgan fingerprint density at radius 3 is 2.72 bits per heavy atom. The van der Waals surface area contributed by atoms with Crippen LogP contribution in [0.25, 0.3) is 0 Å². The third-order valence-electron chi connectivity index (χ3n) is 3.31. The minimum atomic E-state index is -0.0283. The fraction of sp³-hybridized carbons (Fsp3) is 0.462. The van der Waals surface area contributed by atoms with Gasteiger partial charge in [0.2, 0.25) is 0 Å². The van der Waals surface area contributed by atoms with Gasteiger partial charge in [0, 0.05) is 35.0 Å². The molecule has 1 aliphatic rings. The highest BCUT2D eigenvalue weighted by molar-refractivity contribution is 8.00. The van der Waals surface area contributed by atoms with Gasteiger partial charge >= 0.3 is 6.03 Å². The van der Waals surface area contributed by atoms with Crippen LogP contribution in [0, 0.1) is 0 Å². The average Bonchev–Trinajstić information content (AvgIpc) is 2.35. The molecule has 2 unspecified atom stereocenters. The molecule has 1 heterocycles. The van der Waals surface area contributed by atoms with Crippen molar-refractivity contribution in [2.24, 2.45) is 0 Å². The number of nitrogens with one attached hydrogen (secondary N) is 1. The van der Waals surface area contributed by atoms with Gasteiger partial charge in [-0.15, -0.1) is 0 Å². The van der Waals surface area contributed by atoms with Crippen molar-refractivity contribution in [2.75, 3.05) is 23.3 Å². The van der Waals surface area contributed by atoms with E-state index in [1.165, 1.54) is 0 Å². The fourth-order valence-corrected chi connectivity index (χ4v) is 3.08. The molecule has 0 aromatic heterocycles. The minimum absolute atomic E-state index is 0.0283. The number of amides is 2. The molecule has 1 saturated heterocycles. The number of carbonyl (C=O) groups is 1. The third kappa shape index (κ3) is 2.90. The number of nitrogens with two attached hydrogens (primary N) is 1. The van der Waals surface area contributed by atoms with Crippen molar-refractivity contribution < 1.29 is 4.79 Å². The van der Waals surface area contributed by atoms with Gasteiger partial charge in [-0.05, 0) is 31.2 Å². The fourth-order valence-electron chi connectivity index (χ4n) is 1.98. The number of carbonyl (C=O) groups excluding carboxylic acids is 1. The molecule has 0 aliphatic carbocycles. The Bertz CT molecular complexity index is 421. The molecule has 2 amide bonds. The van der Waals surface area contributed by atoms with E-state index in [9.17, 15) is 4.79 Å². The lowest BCUT2D eigenvalue weighted by atomic mass is 10.2. The van der Waals surface area contributed by atoms with Crippen molar-refractivity contribution in [1.82, 2.24) is 4.90 Å². The summed E-state index contributed by atoms with van der Waals surface area (Å²) in [6.07, 6.45) is 0. The van der Waals surface area contributed by atoms with Gasteiger partial charge < -0.3 is 16.0 Å². The standard InChI is InChI=1S/C13H19N3OS/c1-9-10(2)18-8-7-16(9)13(17)15-12-5-3-11(14)4-6-12/h3-6,9-10H,7-8,14H2,1-2H3,(H,15,17). The zero-order chi connectivity index (χ0) is 13.1. The van der Waals surface area contributed by atoms with Gasteiger partial charge in [0.15, 0.2) is 0 Å². The molecule has 5 heteroatoms. The molecule has 3 N–H and O–H groups in total. The predicted octanol–water partition coefficient (Wildman–Crippen LogP) is 2.63. The molecule has 2 rings (SSSR count). The summed E-state index contributed by atoms with van der Waals surface area (Å²) < 4.78 is 0. The number of thioether (sulfide) groups is 1. The first-order valence-corrected chi connectivity index (χ1v) is 7.17.